The number of hydrogen-bond acceptors (Lipinski definition) is 3. The molecule has 1 unspecified atom stereocenters. The standard InChI is InChI=1S/C15H25NO2/c1-6-13-7-8-14(15(9-13)17-5)18-12(4)10-16-11(2)3/h7-9,11-12,16H,6,10H2,1-5H3. The van der Waals surface area contributed by atoms with Crippen LogP contribution in [0.5, 0.6) is 11.5 Å². The first-order valence-electron chi connectivity index (χ1n) is 6.63. The molecule has 3 heteroatoms. The zero-order chi connectivity index (χ0) is 13.5. The van der Waals surface area contributed by atoms with Gasteiger partial charge in [0.1, 0.15) is 6.10 Å². The van der Waals surface area contributed by atoms with Crippen molar-refractivity contribution in [1.82, 2.24) is 5.32 Å². The topological polar surface area (TPSA) is 30.5 Å². The molecule has 1 aromatic rings. The van der Waals surface area contributed by atoms with Gasteiger partial charge in [-0.05, 0) is 31.0 Å². The van der Waals surface area contributed by atoms with Crippen LogP contribution in [0.2, 0.25) is 0 Å². The predicted molar refractivity (Wildman–Crippen MR) is 75.6 cm³/mol. The van der Waals surface area contributed by atoms with Crippen molar-refractivity contribution >= 4 is 0 Å². The third-order valence-electron chi connectivity index (χ3n) is 2.78. The van der Waals surface area contributed by atoms with E-state index in [1.165, 1.54) is 5.56 Å². The lowest BCUT2D eigenvalue weighted by Gasteiger charge is -2.19. The third-order valence-corrected chi connectivity index (χ3v) is 2.78. The third kappa shape index (κ3) is 4.57. The minimum absolute atomic E-state index is 0.119. The fourth-order valence-electron chi connectivity index (χ4n) is 1.69. The van der Waals surface area contributed by atoms with Gasteiger partial charge in [-0.25, -0.2) is 0 Å². The second-order valence-electron chi connectivity index (χ2n) is 4.83. The quantitative estimate of drug-likeness (QED) is 0.808. The van der Waals surface area contributed by atoms with Crippen molar-refractivity contribution in [2.75, 3.05) is 13.7 Å². The normalized spacial score (nSPS) is 12.6. The van der Waals surface area contributed by atoms with E-state index >= 15 is 0 Å². The molecule has 102 valence electrons. The van der Waals surface area contributed by atoms with E-state index in [-0.39, 0.29) is 6.10 Å². The van der Waals surface area contributed by atoms with E-state index in [2.05, 4.69) is 39.1 Å². The number of benzene rings is 1. The zero-order valence-electron chi connectivity index (χ0n) is 12.1. The summed E-state index contributed by atoms with van der Waals surface area (Å²) in [7, 11) is 1.68. The lowest BCUT2D eigenvalue weighted by atomic mass is 10.1. The van der Waals surface area contributed by atoms with Gasteiger partial charge >= 0.3 is 0 Å². The van der Waals surface area contributed by atoms with E-state index in [1.807, 2.05) is 12.1 Å². The lowest BCUT2D eigenvalue weighted by Crippen LogP contribution is -2.33. The summed E-state index contributed by atoms with van der Waals surface area (Å²) in [6.45, 7) is 9.27. The van der Waals surface area contributed by atoms with Gasteiger partial charge in [-0.1, -0.05) is 26.8 Å². The molecule has 0 amide bonds. The molecule has 1 atom stereocenters. The first kappa shape index (κ1) is 14.8. The Morgan fingerprint density at radius 2 is 1.89 bits per heavy atom. The Morgan fingerprint density at radius 1 is 1.17 bits per heavy atom. The van der Waals surface area contributed by atoms with Crippen LogP contribution in [0, 0.1) is 0 Å². The van der Waals surface area contributed by atoms with Gasteiger partial charge in [0.2, 0.25) is 0 Å². The molecule has 3 nitrogen and oxygen atoms in total. The number of hydrogen-bond donors (Lipinski definition) is 1. The molecule has 1 rings (SSSR count). The molecule has 0 saturated heterocycles. The van der Waals surface area contributed by atoms with Crippen LogP contribution in [0.25, 0.3) is 0 Å². The van der Waals surface area contributed by atoms with Gasteiger partial charge in [0.15, 0.2) is 11.5 Å². The van der Waals surface area contributed by atoms with Crippen molar-refractivity contribution in [3.05, 3.63) is 23.8 Å². The molecule has 0 saturated carbocycles. The number of methoxy groups -OCH3 is 1. The largest absolute Gasteiger partial charge is 0.493 e. The first-order valence-corrected chi connectivity index (χ1v) is 6.63. The van der Waals surface area contributed by atoms with Crippen LogP contribution in [0.15, 0.2) is 18.2 Å². The molecule has 1 N–H and O–H groups in total. The van der Waals surface area contributed by atoms with Crippen LogP contribution < -0.4 is 14.8 Å². The fourth-order valence-corrected chi connectivity index (χ4v) is 1.69. The van der Waals surface area contributed by atoms with Gasteiger partial charge in [-0.2, -0.15) is 0 Å². The Morgan fingerprint density at radius 3 is 2.44 bits per heavy atom. The smallest absolute Gasteiger partial charge is 0.161 e. The van der Waals surface area contributed by atoms with E-state index in [0.717, 1.165) is 24.5 Å². The molecule has 0 radical (unpaired) electrons. The maximum absolute atomic E-state index is 5.90. The number of ether oxygens (including phenoxy) is 2. The van der Waals surface area contributed by atoms with Crippen molar-refractivity contribution in [3.63, 3.8) is 0 Å². The van der Waals surface area contributed by atoms with E-state index in [9.17, 15) is 0 Å². The summed E-state index contributed by atoms with van der Waals surface area (Å²) in [4.78, 5) is 0. The lowest BCUT2D eigenvalue weighted by molar-refractivity contribution is 0.204. The molecule has 0 aliphatic carbocycles. The van der Waals surface area contributed by atoms with Crippen LogP contribution in [0.1, 0.15) is 33.3 Å². The Balaban J connectivity index is 2.65. The Bertz CT molecular complexity index is 364. The van der Waals surface area contributed by atoms with Crippen molar-refractivity contribution in [2.24, 2.45) is 0 Å². The highest BCUT2D eigenvalue weighted by Crippen LogP contribution is 2.29. The van der Waals surface area contributed by atoms with E-state index in [4.69, 9.17) is 9.47 Å². The number of nitrogens with one attached hydrogen (secondary N) is 1. The molecule has 0 aliphatic rings. The van der Waals surface area contributed by atoms with Gasteiger partial charge < -0.3 is 14.8 Å². The van der Waals surface area contributed by atoms with Crippen LogP contribution in [0.3, 0.4) is 0 Å². The number of aryl methyl sites for hydroxylation is 1. The highest BCUT2D eigenvalue weighted by Gasteiger charge is 2.10. The Hall–Kier alpha value is -1.22. The Labute approximate surface area is 110 Å². The molecule has 0 fully saturated rings. The second kappa shape index (κ2) is 7.27. The molecular formula is C15H25NO2. The second-order valence-corrected chi connectivity index (χ2v) is 4.83. The molecule has 0 bridgehead atoms. The predicted octanol–water partition coefficient (Wildman–Crippen LogP) is 3.02. The molecule has 0 spiro atoms. The van der Waals surface area contributed by atoms with Crippen molar-refractivity contribution < 1.29 is 9.47 Å². The van der Waals surface area contributed by atoms with Crippen LogP contribution in [-0.4, -0.2) is 25.8 Å². The fraction of sp³-hybridized carbons (Fsp3) is 0.600. The molecule has 1 aromatic carbocycles. The van der Waals surface area contributed by atoms with Crippen molar-refractivity contribution in [2.45, 2.75) is 46.3 Å². The molecule has 0 aromatic heterocycles. The first-order chi connectivity index (χ1) is 8.56. The minimum Gasteiger partial charge on any atom is -0.493 e. The summed E-state index contributed by atoms with van der Waals surface area (Å²) in [5.74, 6) is 1.62. The van der Waals surface area contributed by atoms with Crippen LogP contribution in [0.4, 0.5) is 0 Å². The van der Waals surface area contributed by atoms with E-state index in [0.29, 0.717) is 6.04 Å². The minimum atomic E-state index is 0.119. The van der Waals surface area contributed by atoms with Gasteiger partial charge in [-0.3, -0.25) is 0 Å². The van der Waals surface area contributed by atoms with Crippen molar-refractivity contribution in [1.29, 1.82) is 0 Å². The summed E-state index contributed by atoms with van der Waals surface area (Å²) < 4.78 is 11.3. The summed E-state index contributed by atoms with van der Waals surface area (Å²) in [5.41, 5.74) is 1.26. The summed E-state index contributed by atoms with van der Waals surface area (Å²) in [6, 6.07) is 6.59. The number of rotatable bonds is 7. The van der Waals surface area contributed by atoms with Gasteiger partial charge in [0.05, 0.1) is 7.11 Å². The SMILES string of the molecule is CCc1ccc(OC(C)CNC(C)C)c(OC)c1. The van der Waals surface area contributed by atoms with E-state index < -0.39 is 0 Å². The van der Waals surface area contributed by atoms with E-state index in [1.54, 1.807) is 7.11 Å². The molecular weight excluding hydrogens is 226 g/mol. The average Bonchev–Trinajstić information content (AvgIpc) is 2.36. The summed E-state index contributed by atoms with van der Waals surface area (Å²) in [6.07, 6.45) is 1.12. The monoisotopic (exact) mass is 251 g/mol. The average molecular weight is 251 g/mol. The molecule has 18 heavy (non-hydrogen) atoms. The van der Waals surface area contributed by atoms with Crippen LogP contribution >= 0.6 is 0 Å². The van der Waals surface area contributed by atoms with Crippen molar-refractivity contribution in [3.8, 4) is 11.5 Å². The highest BCUT2D eigenvalue weighted by molar-refractivity contribution is 5.43. The molecule has 0 aliphatic heterocycles. The highest BCUT2D eigenvalue weighted by atomic mass is 16.5. The summed E-state index contributed by atoms with van der Waals surface area (Å²) in [5, 5.41) is 3.36. The zero-order valence-corrected chi connectivity index (χ0v) is 12.1. The maximum Gasteiger partial charge on any atom is 0.161 e. The van der Waals surface area contributed by atoms with Gasteiger partial charge in [-0.15, -0.1) is 0 Å². The van der Waals surface area contributed by atoms with Gasteiger partial charge in [0.25, 0.3) is 0 Å². The maximum atomic E-state index is 5.90. The Kier molecular flexibility index (Phi) is 5.99. The van der Waals surface area contributed by atoms with Crippen LogP contribution in [-0.2, 0) is 6.42 Å². The summed E-state index contributed by atoms with van der Waals surface area (Å²) >= 11 is 0. The molecule has 0 heterocycles. The van der Waals surface area contributed by atoms with Gasteiger partial charge in [0, 0.05) is 12.6 Å².